The van der Waals surface area contributed by atoms with E-state index in [9.17, 15) is 8.78 Å². The average Bonchev–Trinajstić information content (AvgIpc) is 3.58. The topological polar surface area (TPSA) is 56.0 Å². The highest BCUT2D eigenvalue weighted by Gasteiger charge is 2.21. The van der Waals surface area contributed by atoms with Crippen molar-refractivity contribution in [1.29, 1.82) is 0 Å². The minimum atomic E-state index is -0.528. The predicted molar refractivity (Wildman–Crippen MR) is 161 cm³/mol. The van der Waals surface area contributed by atoms with Crippen molar-refractivity contribution in [3.05, 3.63) is 89.8 Å². The highest BCUT2D eigenvalue weighted by molar-refractivity contribution is 6.02. The summed E-state index contributed by atoms with van der Waals surface area (Å²) >= 11 is 0. The molecule has 0 amide bonds. The van der Waals surface area contributed by atoms with E-state index in [-0.39, 0.29) is 23.1 Å². The second-order valence-corrected chi connectivity index (χ2v) is 9.60. The lowest BCUT2D eigenvalue weighted by atomic mass is 10.1. The second-order valence-electron chi connectivity index (χ2n) is 9.60. The molecule has 0 bridgehead atoms. The number of halogens is 2. The zero-order valence-electron chi connectivity index (χ0n) is 24.8. The third-order valence-corrected chi connectivity index (χ3v) is 5.33. The molecule has 1 aliphatic heterocycles. The van der Waals surface area contributed by atoms with Crippen molar-refractivity contribution in [1.82, 2.24) is 20.2 Å². The number of nitrogens with zero attached hydrogens (tertiary/aromatic N) is 5. The second kappa shape index (κ2) is 19.4. The van der Waals surface area contributed by atoms with Crippen molar-refractivity contribution in [3.8, 4) is 12.8 Å². The number of hydrogen-bond donors (Lipinski definition) is 0. The highest BCUT2D eigenvalue weighted by atomic mass is 19.1. The molecular weight excluding hydrogens is 492 g/mol. The van der Waals surface area contributed by atoms with E-state index in [0.29, 0.717) is 12.1 Å². The normalized spacial score (nSPS) is 15.9. The molecule has 2 atom stereocenters. The molecule has 0 aliphatic carbocycles. The van der Waals surface area contributed by atoms with Gasteiger partial charge in [0.05, 0.1) is 17.1 Å². The Morgan fingerprint density at radius 3 is 2.05 bits per heavy atom. The summed E-state index contributed by atoms with van der Waals surface area (Å²) in [6.45, 7) is 16.2. The molecule has 0 saturated heterocycles. The lowest BCUT2D eigenvalue weighted by Gasteiger charge is -2.15. The van der Waals surface area contributed by atoms with Crippen LogP contribution >= 0.6 is 0 Å². The Labute approximate surface area is 234 Å². The SMILES string of the molecule is C#C.C/C=C/C1CCC(c2c(F)cccc2F)=N1.C/C=C\C(C)c1nnn(C(C)(C)C)n1.C/C=C\C/C=C/C. The van der Waals surface area contributed by atoms with Gasteiger partial charge in [-0.2, -0.15) is 4.80 Å². The van der Waals surface area contributed by atoms with Crippen LogP contribution in [0.15, 0.2) is 71.8 Å². The molecule has 5 nitrogen and oxygen atoms in total. The van der Waals surface area contributed by atoms with Gasteiger partial charge in [0.25, 0.3) is 0 Å². The van der Waals surface area contributed by atoms with Crippen molar-refractivity contribution in [2.75, 3.05) is 0 Å². The molecule has 0 radical (unpaired) electrons. The fourth-order valence-corrected chi connectivity index (χ4v) is 3.36. The summed E-state index contributed by atoms with van der Waals surface area (Å²) in [6.07, 6.45) is 26.8. The molecule has 1 aromatic heterocycles. The van der Waals surface area contributed by atoms with Crippen LogP contribution in [0.3, 0.4) is 0 Å². The van der Waals surface area contributed by atoms with Gasteiger partial charge in [-0.25, -0.2) is 8.78 Å². The van der Waals surface area contributed by atoms with Gasteiger partial charge in [-0.3, -0.25) is 4.99 Å². The van der Waals surface area contributed by atoms with Gasteiger partial charge in [0.1, 0.15) is 11.6 Å². The van der Waals surface area contributed by atoms with Crippen molar-refractivity contribution >= 4 is 5.71 Å². The average molecular weight is 538 g/mol. The van der Waals surface area contributed by atoms with E-state index in [4.69, 9.17) is 0 Å². The fourth-order valence-electron chi connectivity index (χ4n) is 3.36. The van der Waals surface area contributed by atoms with Crippen LogP contribution in [0.2, 0.25) is 0 Å². The van der Waals surface area contributed by atoms with E-state index in [0.717, 1.165) is 18.7 Å². The zero-order chi connectivity index (χ0) is 29.8. The molecule has 1 aromatic carbocycles. The first-order chi connectivity index (χ1) is 18.6. The number of aliphatic imine (C=N–C) groups is 1. The maximum atomic E-state index is 13.5. The summed E-state index contributed by atoms with van der Waals surface area (Å²) in [5.41, 5.74) is 0.481. The molecule has 0 N–H and O–H groups in total. The van der Waals surface area contributed by atoms with Gasteiger partial charge < -0.3 is 0 Å². The molecule has 0 fully saturated rings. The summed E-state index contributed by atoms with van der Waals surface area (Å²) in [4.78, 5) is 5.97. The van der Waals surface area contributed by atoms with Gasteiger partial charge in [0.15, 0.2) is 5.82 Å². The first-order valence-electron chi connectivity index (χ1n) is 13.2. The molecule has 212 valence electrons. The summed E-state index contributed by atoms with van der Waals surface area (Å²) in [5.74, 6) is -0.0473. The minimum absolute atomic E-state index is 0.0366. The Balaban J connectivity index is 0.000000575. The van der Waals surface area contributed by atoms with Crippen molar-refractivity contribution in [2.45, 2.75) is 92.2 Å². The number of terminal acetylenes is 1. The monoisotopic (exact) mass is 537 g/mol. The van der Waals surface area contributed by atoms with E-state index in [1.807, 2.05) is 45.9 Å². The van der Waals surface area contributed by atoms with Gasteiger partial charge in [-0.1, -0.05) is 61.6 Å². The Kier molecular flexibility index (Phi) is 17.6. The summed E-state index contributed by atoms with van der Waals surface area (Å²) < 4.78 is 27.0. The van der Waals surface area contributed by atoms with E-state index in [1.165, 1.54) is 18.2 Å². The molecule has 2 aromatic rings. The van der Waals surface area contributed by atoms with Crippen LogP contribution in [0.5, 0.6) is 0 Å². The summed E-state index contributed by atoms with van der Waals surface area (Å²) in [7, 11) is 0. The van der Waals surface area contributed by atoms with Gasteiger partial charge in [-0.15, -0.1) is 23.0 Å². The predicted octanol–water partition coefficient (Wildman–Crippen LogP) is 8.38. The number of hydrogen-bond acceptors (Lipinski definition) is 4. The van der Waals surface area contributed by atoms with E-state index in [1.54, 1.807) is 4.80 Å². The van der Waals surface area contributed by atoms with Crippen LogP contribution in [-0.2, 0) is 5.54 Å². The molecule has 3 rings (SSSR count). The van der Waals surface area contributed by atoms with E-state index >= 15 is 0 Å². The van der Waals surface area contributed by atoms with Gasteiger partial charge >= 0.3 is 0 Å². The largest absolute Gasteiger partial charge is 0.281 e. The number of allylic oxidation sites excluding steroid dienone is 7. The van der Waals surface area contributed by atoms with Crippen LogP contribution in [0.4, 0.5) is 8.78 Å². The van der Waals surface area contributed by atoms with Crippen LogP contribution in [0.1, 0.15) is 92.0 Å². The van der Waals surface area contributed by atoms with Crippen molar-refractivity contribution in [2.24, 2.45) is 4.99 Å². The van der Waals surface area contributed by atoms with E-state index in [2.05, 4.69) is 91.3 Å². The molecule has 2 unspecified atom stereocenters. The van der Waals surface area contributed by atoms with Crippen molar-refractivity contribution < 1.29 is 8.78 Å². The molecular formula is C32H45F2N5. The van der Waals surface area contributed by atoms with Gasteiger partial charge in [0, 0.05) is 11.6 Å². The summed E-state index contributed by atoms with van der Waals surface area (Å²) in [5, 5.41) is 12.4. The van der Waals surface area contributed by atoms with Crippen LogP contribution in [-0.4, -0.2) is 32.0 Å². The Bertz CT molecular complexity index is 1100. The maximum absolute atomic E-state index is 13.5. The number of aromatic nitrogens is 4. The highest BCUT2D eigenvalue weighted by Crippen LogP contribution is 2.23. The summed E-state index contributed by atoms with van der Waals surface area (Å²) in [6, 6.07) is 3.97. The van der Waals surface area contributed by atoms with E-state index < -0.39 is 11.6 Å². The molecule has 39 heavy (non-hydrogen) atoms. The quantitative estimate of drug-likeness (QED) is 0.275. The molecule has 1 aliphatic rings. The Hall–Kier alpha value is -3.66. The Morgan fingerprint density at radius 1 is 1.00 bits per heavy atom. The lowest BCUT2D eigenvalue weighted by molar-refractivity contribution is 0.305. The number of tetrazole rings is 1. The lowest BCUT2D eigenvalue weighted by Crippen LogP contribution is -2.24. The number of rotatable bonds is 6. The maximum Gasteiger partial charge on any atom is 0.181 e. The van der Waals surface area contributed by atoms with Crippen LogP contribution in [0, 0.1) is 24.5 Å². The van der Waals surface area contributed by atoms with Crippen LogP contribution in [0.25, 0.3) is 0 Å². The van der Waals surface area contributed by atoms with Crippen LogP contribution < -0.4 is 0 Å². The van der Waals surface area contributed by atoms with Crippen molar-refractivity contribution in [3.63, 3.8) is 0 Å². The standard InChI is InChI=1S/C13H13F2N.C10H18N4.C7H12.C2H2/c1-2-4-9-7-8-12(16-9)13-10(14)5-3-6-11(13)15;1-6-7-8(2)9-11-13-14(12-9)10(3,4)5;1-3-5-7-6-4-2;1-2/h2-6,9H,7-8H2,1H3;6-8H,1-5H3;3-6H,7H2,1-2H3;1-2H/b4-2+;7-6-;5-3-,6-4+;. The molecule has 7 heteroatoms. The third kappa shape index (κ3) is 13.1. The third-order valence-electron chi connectivity index (χ3n) is 5.33. The van der Waals surface area contributed by atoms with Gasteiger partial charge in [-0.05, 0) is 85.1 Å². The Morgan fingerprint density at radius 2 is 1.59 bits per heavy atom. The molecule has 0 spiro atoms. The fraction of sp³-hybridized carbons (Fsp3) is 0.438. The first-order valence-corrected chi connectivity index (χ1v) is 13.2. The molecule has 0 saturated carbocycles. The van der Waals surface area contributed by atoms with Gasteiger partial charge in [0.2, 0.25) is 0 Å². The smallest absolute Gasteiger partial charge is 0.181 e. The first kappa shape index (κ1) is 35.3. The minimum Gasteiger partial charge on any atom is -0.281 e. The number of benzene rings is 1. The molecule has 2 heterocycles. The zero-order valence-corrected chi connectivity index (χ0v) is 24.8.